The van der Waals surface area contributed by atoms with E-state index in [9.17, 15) is 4.79 Å². The number of aromatic nitrogens is 1. The van der Waals surface area contributed by atoms with Gasteiger partial charge in [-0.1, -0.05) is 45.9 Å². The zero-order valence-electron chi connectivity index (χ0n) is 15.3. The third-order valence-corrected chi connectivity index (χ3v) is 4.47. The summed E-state index contributed by atoms with van der Waals surface area (Å²) in [4.78, 5) is 16.9. The largest absolute Gasteiger partial charge is 0.437 e. The molecule has 0 radical (unpaired) electrons. The van der Waals surface area contributed by atoms with Gasteiger partial charge < -0.3 is 14.5 Å². The fourth-order valence-corrected chi connectivity index (χ4v) is 3.61. The van der Waals surface area contributed by atoms with Gasteiger partial charge in [-0.05, 0) is 42.7 Å². The number of ether oxygens (including phenoxy) is 1. The molecule has 1 heterocycles. The Morgan fingerprint density at radius 3 is 2.88 bits per heavy atom. The summed E-state index contributed by atoms with van der Waals surface area (Å²) in [5.41, 5.74) is 2.45. The van der Waals surface area contributed by atoms with Crippen LogP contribution in [0.5, 0.6) is 6.08 Å². The first-order valence-electron chi connectivity index (χ1n) is 8.91. The minimum atomic E-state index is -0.630. The van der Waals surface area contributed by atoms with Gasteiger partial charge >= 0.3 is 6.08 Å². The molecule has 0 fully saturated rings. The predicted octanol–water partition coefficient (Wildman–Crippen LogP) is 4.44. The summed E-state index contributed by atoms with van der Waals surface area (Å²) in [7, 11) is 0. The number of allylic oxidation sites excluding steroid dienone is 2. The van der Waals surface area contributed by atoms with E-state index < -0.39 is 6.10 Å². The summed E-state index contributed by atoms with van der Waals surface area (Å²) in [5.74, 6) is 0.397. The summed E-state index contributed by atoms with van der Waals surface area (Å²) in [6.07, 6.45) is 4.22. The lowest BCUT2D eigenvalue weighted by Gasteiger charge is -2.32. The average molecular weight is 342 g/mol. The van der Waals surface area contributed by atoms with Gasteiger partial charge in [0, 0.05) is 5.70 Å². The van der Waals surface area contributed by atoms with Crippen molar-refractivity contribution in [3.8, 4) is 6.08 Å². The molecule has 3 rings (SSSR count). The van der Waals surface area contributed by atoms with Crippen LogP contribution in [-0.2, 0) is 4.79 Å². The van der Waals surface area contributed by atoms with Gasteiger partial charge in [0.15, 0.2) is 11.7 Å². The van der Waals surface area contributed by atoms with Crippen LogP contribution in [0.2, 0.25) is 0 Å². The molecule has 1 amide bonds. The molecule has 0 bridgehead atoms. The van der Waals surface area contributed by atoms with Crippen molar-refractivity contribution in [3.63, 3.8) is 0 Å². The normalized spacial score (nSPS) is 20.8. The molecule has 2 atom stereocenters. The minimum Gasteiger partial charge on any atom is -0.437 e. The molecule has 1 aromatic carbocycles. The number of oxazole rings is 1. The Morgan fingerprint density at radius 2 is 2.20 bits per heavy atom. The van der Waals surface area contributed by atoms with Crippen LogP contribution in [0, 0.1) is 11.3 Å². The molecule has 2 aromatic rings. The lowest BCUT2D eigenvalue weighted by Crippen LogP contribution is -2.39. The van der Waals surface area contributed by atoms with Gasteiger partial charge in [0.1, 0.15) is 5.52 Å². The molecule has 25 heavy (non-hydrogen) atoms. The molecular formula is C20H26N2O3. The molecule has 0 saturated heterocycles. The average Bonchev–Trinajstić information content (AvgIpc) is 2.92. The molecule has 2 unspecified atom stereocenters. The molecule has 1 aliphatic rings. The number of amides is 1. The van der Waals surface area contributed by atoms with Crippen LogP contribution in [0.25, 0.3) is 11.1 Å². The molecule has 1 aromatic heterocycles. The number of fused-ring (bicyclic) bond motifs is 1. The van der Waals surface area contributed by atoms with Crippen molar-refractivity contribution in [1.29, 1.82) is 0 Å². The molecule has 0 saturated carbocycles. The third kappa shape index (κ3) is 4.21. The van der Waals surface area contributed by atoms with Gasteiger partial charge in [0.25, 0.3) is 5.91 Å². The first kappa shape index (κ1) is 17.5. The predicted molar refractivity (Wildman–Crippen MR) is 97.1 cm³/mol. The number of carbonyl (C=O) groups is 1. The number of carbonyl (C=O) groups excluding carboxylic acids is 1. The van der Waals surface area contributed by atoms with Gasteiger partial charge in [-0.3, -0.25) is 4.79 Å². The number of hydrogen-bond acceptors (Lipinski definition) is 4. The van der Waals surface area contributed by atoms with Crippen molar-refractivity contribution in [1.82, 2.24) is 10.3 Å². The first-order valence-corrected chi connectivity index (χ1v) is 8.91. The van der Waals surface area contributed by atoms with Crippen molar-refractivity contribution in [3.05, 3.63) is 36.0 Å². The van der Waals surface area contributed by atoms with Crippen LogP contribution < -0.4 is 10.1 Å². The summed E-state index contributed by atoms with van der Waals surface area (Å²) >= 11 is 0. The Hall–Kier alpha value is -2.30. The topological polar surface area (TPSA) is 64.4 Å². The van der Waals surface area contributed by atoms with E-state index >= 15 is 0 Å². The van der Waals surface area contributed by atoms with E-state index in [-0.39, 0.29) is 17.4 Å². The maximum Gasteiger partial charge on any atom is 0.395 e. The van der Waals surface area contributed by atoms with E-state index in [1.807, 2.05) is 31.2 Å². The Morgan fingerprint density at radius 1 is 1.44 bits per heavy atom. The fourth-order valence-electron chi connectivity index (χ4n) is 3.61. The molecule has 1 aliphatic carbocycles. The van der Waals surface area contributed by atoms with Crippen molar-refractivity contribution in [2.45, 2.75) is 53.1 Å². The highest BCUT2D eigenvalue weighted by Gasteiger charge is 2.28. The van der Waals surface area contributed by atoms with Crippen LogP contribution in [0.3, 0.4) is 0 Å². The fraction of sp³-hybridized carbons (Fsp3) is 0.500. The minimum absolute atomic E-state index is 0.100. The Labute approximate surface area is 148 Å². The van der Waals surface area contributed by atoms with E-state index in [4.69, 9.17) is 9.15 Å². The summed E-state index contributed by atoms with van der Waals surface area (Å²) < 4.78 is 11.3. The van der Waals surface area contributed by atoms with E-state index in [0.717, 1.165) is 24.1 Å². The van der Waals surface area contributed by atoms with Gasteiger partial charge in [0.05, 0.1) is 0 Å². The molecular weight excluding hydrogens is 316 g/mol. The first-order chi connectivity index (χ1) is 11.9. The molecule has 5 nitrogen and oxygen atoms in total. The molecule has 5 heteroatoms. The summed E-state index contributed by atoms with van der Waals surface area (Å²) in [5, 5.41) is 3.04. The third-order valence-electron chi connectivity index (χ3n) is 4.47. The zero-order valence-corrected chi connectivity index (χ0v) is 15.3. The summed E-state index contributed by atoms with van der Waals surface area (Å²) in [6.45, 7) is 8.52. The number of rotatable bonds is 5. The second-order valence-electron chi connectivity index (χ2n) is 7.62. The van der Waals surface area contributed by atoms with E-state index in [2.05, 4.69) is 37.1 Å². The zero-order chi connectivity index (χ0) is 18.0. The van der Waals surface area contributed by atoms with Crippen LogP contribution in [0.15, 0.2) is 40.5 Å². The molecule has 1 N–H and O–H groups in total. The molecule has 134 valence electrons. The Balaban J connectivity index is 1.70. The van der Waals surface area contributed by atoms with E-state index in [1.165, 1.54) is 0 Å². The van der Waals surface area contributed by atoms with Crippen molar-refractivity contribution in [2.75, 3.05) is 0 Å². The molecule has 0 spiro atoms. The highest BCUT2D eigenvalue weighted by molar-refractivity contribution is 5.82. The highest BCUT2D eigenvalue weighted by atomic mass is 16.6. The van der Waals surface area contributed by atoms with Crippen LogP contribution >= 0.6 is 0 Å². The van der Waals surface area contributed by atoms with Crippen molar-refractivity contribution >= 4 is 17.0 Å². The highest BCUT2D eigenvalue weighted by Crippen LogP contribution is 2.35. The van der Waals surface area contributed by atoms with Gasteiger partial charge in [-0.25, -0.2) is 0 Å². The molecule has 0 aliphatic heterocycles. The number of para-hydroxylation sites is 2. The number of benzene rings is 1. The monoisotopic (exact) mass is 342 g/mol. The van der Waals surface area contributed by atoms with Crippen LogP contribution in [-0.4, -0.2) is 17.0 Å². The maximum atomic E-state index is 12.6. The number of nitrogens with one attached hydrogen (secondary N) is 1. The second-order valence-corrected chi connectivity index (χ2v) is 7.62. The Kier molecular flexibility index (Phi) is 4.84. The summed E-state index contributed by atoms with van der Waals surface area (Å²) in [6, 6.07) is 7.44. The van der Waals surface area contributed by atoms with E-state index in [1.54, 1.807) is 0 Å². The smallest absolute Gasteiger partial charge is 0.395 e. The van der Waals surface area contributed by atoms with Gasteiger partial charge in [-0.15, -0.1) is 0 Å². The van der Waals surface area contributed by atoms with Gasteiger partial charge in [-0.2, -0.15) is 4.98 Å². The SMILES string of the molecule is CCC(Oc1nc2ccccc2o1)C(=O)NC1=CC(C)(C)CC(C)C1. The lowest BCUT2D eigenvalue weighted by molar-refractivity contribution is -0.128. The Bertz CT molecular complexity index is 758. The van der Waals surface area contributed by atoms with Crippen LogP contribution in [0.4, 0.5) is 0 Å². The standard InChI is InChI=1S/C20H26N2O3/c1-5-16(24-19-22-15-8-6-7-9-17(15)25-19)18(23)21-14-10-13(2)11-20(3,4)12-14/h6-9,12-13,16H,5,10-11H2,1-4H3,(H,21,23). The number of nitrogens with zero attached hydrogens (tertiary/aromatic N) is 1. The van der Waals surface area contributed by atoms with Gasteiger partial charge in [0.2, 0.25) is 0 Å². The van der Waals surface area contributed by atoms with Crippen molar-refractivity contribution in [2.24, 2.45) is 11.3 Å². The second kappa shape index (κ2) is 6.90. The van der Waals surface area contributed by atoms with E-state index in [0.29, 0.717) is 17.9 Å². The lowest BCUT2D eigenvalue weighted by atomic mass is 9.76. The van der Waals surface area contributed by atoms with Crippen molar-refractivity contribution < 1.29 is 13.9 Å². The maximum absolute atomic E-state index is 12.6. The number of hydrogen-bond donors (Lipinski definition) is 1. The van der Waals surface area contributed by atoms with Crippen LogP contribution in [0.1, 0.15) is 47.0 Å². The quantitative estimate of drug-likeness (QED) is 0.872.